The van der Waals surface area contributed by atoms with Gasteiger partial charge in [-0.2, -0.15) is 0 Å². The second-order valence-electron chi connectivity index (χ2n) is 5.62. The van der Waals surface area contributed by atoms with E-state index in [0.717, 1.165) is 29.8 Å². The van der Waals surface area contributed by atoms with Crippen LogP contribution in [0.4, 0.5) is 5.69 Å². The predicted molar refractivity (Wildman–Crippen MR) is 88.2 cm³/mol. The lowest BCUT2D eigenvalue weighted by Gasteiger charge is -2.28. The van der Waals surface area contributed by atoms with Crippen molar-refractivity contribution in [1.82, 2.24) is 4.90 Å². The molecule has 0 aliphatic carbocycles. The number of carbonyl (C=O) groups is 2. The van der Waals surface area contributed by atoms with E-state index < -0.39 is 0 Å². The minimum Gasteiger partial charge on any atom is -0.338 e. The number of rotatable bonds is 2. The van der Waals surface area contributed by atoms with Crippen LogP contribution in [0.15, 0.2) is 29.6 Å². The highest BCUT2D eigenvalue weighted by atomic mass is 32.1. The van der Waals surface area contributed by atoms with Crippen LogP contribution in [0, 0.1) is 6.92 Å². The van der Waals surface area contributed by atoms with Gasteiger partial charge in [-0.3, -0.25) is 9.59 Å². The van der Waals surface area contributed by atoms with Gasteiger partial charge < -0.3 is 10.2 Å². The van der Waals surface area contributed by atoms with Crippen molar-refractivity contribution < 1.29 is 9.59 Å². The monoisotopic (exact) mass is 314 g/mol. The third-order valence-electron chi connectivity index (χ3n) is 3.88. The summed E-state index contributed by atoms with van der Waals surface area (Å²) in [6.45, 7) is 4.95. The van der Waals surface area contributed by atoms with E-state index in [-0.39, 0.29) is 11.8 Å². The van der Waals surface area contributed by atoms with Crippen LogP contribution in [-0.2, 0) is 17.8 Å². The van der Waals surface area contributed by atoms with E-state index in [2.05, 4.69) is 5.32 Å². The molecule has 0 fully saturated rings. The minimum atomic E-state index is -0.0858. The van der Waals surface area contributed by atoms with Crippen LogP contribution in [-0.4, -0.2) is 23.3 Å². The van der Waals surface area contributed by atoms with Crippen molar-refractivity contribution in [2.45, 2.75) is 26.8 Å². The van der Waals surface area contributed by atoms with Gasteiger partial charge in [-0.05, 0) is 53.6 Å². The van der Waals surface area contributed by atoms with Gasteiger partial charge in [-0.25, -0.2) is 0 Å². The number of hydrogen-bond donors (Lipinski definition) is 1. The molecule has 0 radical (unpaired) electrons. The van der Waals surface area contributed by atoms with Gasteiger partial charge >= 0.3 is 0 Å². The number of carbonyl (C=O) groups excluding carboxylic acids is 2. The molecule has 4 nitrogen and oxygen atoms in total. The quantitative estimate of drug-likeness (QED) is 0.925. The molecule has 2 aromatic rings. The Morgan fingerprint density at radius 3 is 2.73 bits per heavy atom. The van der Waals surface area contributed by atoms with Gasteiger partial charge in [-0.1, -0.05) is 6.07 Å². The molecule has 0 bridgehead atoms. The van der Waals surface area contributed by atoms with Crippen LogP contribution in [0.1, 0.15) is 33.3 Å². The molecule has 1 aromatic carbocycles. The summed E-state index contributed by atoms with van der Waals surface area (Å²) in [6, 6.07) is 7.83. The molecule has 0 atom stereocenters. The Balaban J connectivity index is 1.77. The van der Waals surface area contributed by atoms with Crippen molar-refractivity contribution in [3.63, 3.8) is 0 Å². The third kappa shape index (κ3) is 3.04. The molecule has 2 amide bonds. The van der Waals surface area contributed by atoms with Crippen LogP contribution >= 0.6 is 11.3 Å². The van der Waals surface area contributed by atoms with Gasteiger partial charge in [0.2, 0.25) is 5.91 Å². The van der Waals surface area contributed by atoms with Gasteiger partial charge in [0.25, 0.3) is 5.91 Å². The molecule has 114 valence electrons. The summed E-state index contributed by atoms with van der Waals surface area (Å²) in [6.07, 6.45) is 0.868. The van der Waals surface area contributed by atoms with E-state index in [1.807, 2.05) is 41.5 Å². The highest BCUT2D eigenvalue weighted by molar-refractivity contribution is 7.12. The first kappa shape index (κ1) is 14.8. The normalized spacial score (nSPS) is 13.6. The number of fused-ring (bicyclic) bond motifs is 1. The molecule has 5 heteroatoms. The average molecular weight is 314 g/mol. The van der Waals surface area contributed by atoms with Crippen LogP contribution in [0.2, 0.25) is 0 Å². The van der Waals surface area contributed by atoms with Crippen molar-refractivity contribution >= 4 is 28.8 Å². The topological polar surface area (TPSA) is 49.4 Å². The van der Waals surface area contributed by atoms with Crippen molar-refractivity contribution in [2.75, 3.05) is 11.9 Å². The highest BCUT2D eigenvalue weighted by Crippen LogP contribution is 2.24. The Morgan fingerprint density at radius 2 is 2.05 bits per heavy atom. The van der Waals surface area contributed by atoms with E-state index in [1.165, 1.54) is 16.9 Å². The summed E-state index contributed by atoms with van der Waals surface area (Å²) in [5, 5.41) is 4.90. The summed E-state index contributed by atoms with van der Waals surface area (Å²) < 4.78 is 0. The van der Waals surface area contributed by atoms with Gasteiger partial charge in [0.1, 0.15) is 0 Å². The molecular formula is C17H18N2O2S. The number of hydrogen-bond acceptors (Lipinski definition) is 3. The standard InChI is InChI=1S/C17H18N2O2S/c1-11-7-16(22-10-11)17(21)18-15-4-3-13-5-6-19(12(2)20)9-14(13)8-15/h3-4,7-8,10H,5-6,9H2,1-2H3,(H,18,21). The van der Waals surface area contributed by atoms with Gasteiger partial charge in [0.15, 0.2) is 0 Å². The molecule has 1 N–H and O–H groups in total. The fourth-order valence-electron chi connectivity index (χ4n) is 2.65. The summed E-state index contributed by atoms with van der Waals surface area (Å²) in [5.74, 6) is 0.00596. The smallest absolute Gasteiger partial charge is 0.265 e. The highest BCUT2D eigenvalue weighted by Gasteiger charge is 2.18. The van der Waals surface area contributed by atoms with E-state index in [1.54, 1.807) is 6.92 Å². The molecule has 2 heterocycles. The Morgan fingerprint density at radius 1 is 1.23 bits per heavy atom. The van der Waals surface area contributed by atoms with Crippen molar-refractivity contribution in [1.29, 1.82) is 0 Å². The maximum Gasteiger partial charge on any atom is 0.265 e. The molecule has 1 aliphatic rings. The third-order valence-corrected chi connectivity index (χ3v) is 4.92. The molecule has 0 saturated heterocycles. The van der Waals surface area contributed by atoms with E-state index in [4.69, 9.17) is 0 Å². The zero-order valence-electron chi connectivity index (χ0n) is 12.7. The number of nitrogens with one attached hydrogen (secondary N) is 1. The summed E-state index contributed by atoms with van der Waals surface area (Å²) in [5.41, 5.74) is 4.24. The number of nitrogens with zero attached hydrogens (tertiary/aromatic N) is 1. The van der Waals surface area contributed by atoms with Gasteiger partial charge in [-0.15, -0.1) is 11.3 Å². The largest absolute Gasteiger partial charge is 0.338 e. The first-order valence-corrected chi connectivity index (χ1v) is 8.14. The molecule has 0 unspecified atom stereocenters. The predicted octanol–water partition coefficient (Wildman–Crippen LogP) is 3.21. The zero-order chi connectivity index (χ0) is 15.7. The second kappa shape index (κ2) is 5.93. The van der Waals surface area contributed by atoms with E-state index in [9.17, 15) is 9.59 Å². The maximum atomic E-state index is 12.2. The van der Waals surface area contributed by atoms with Gasteiger partial charge in [0, 0.05) is 25.7 Å². The molecule has 1 aromatic heterocycles. The SMILES string of the molecule is CC(=O)N1CCc2ccc(NC(=O)c3cc(C)cs3)cc2C1. The fraction of sp³-hybridized carbons (Fsp3) is 0.294. The van der Waals surface area contributed by atoms with Crippen LogP contribution in [0.25, 0.3) is 0 Å². The van der Waals surface area contributed by atoms with Gasteiger partial charge in [0.05, 0.1) is 4.88 Å². The average Bonchev–Trinajstić information content (AvgIpc) is 2.93. The van der Waals surface area contributed by atoms with Crippen molar-refractivity contribution in [3.05, 3.63) is 51.2 Å². The number of thiophene rings is 1. The lowest BCUT2D eigenvalue weighted by atomic mass is 9.99. The van der Waals surface area contributed by atoms with E-state index >= 15 is 0 Å². The number of aryl methyl sites for hydroxylation is 1. The summed E-state index contributed by atoms with van der Waals surface area (Å²) in [7, 11) is 0. The van der Waals surface area contributed by atoms with Crippen molar-refractivity contribution in [3.8, 4) is 0 Å². The molecule has 0 saturated carbocycles. The maximum absolute atomic E-state index is 12.2. The summed E-state index contributed by atoms with van der Waals surface area (Å²) in [4.78, 5) is 26.3. The second-order valence-corrected chi connectivity index (χ2v) is 6.53. The first-order valence-electron chi connectivity index (χ1n) is 7.27. The van der Waals surface area contributed by atoms with Crippen molar-refractivity contribution in [2.24, 2.45) is 0 Å². The Hall–Kier alpha value is -2.14. The number of benzene rings is 1. The molecule has 1 aliphatic heterocycles. The molecule has 3 rings (SSSR count). The fourth-order valence-corrected chi connectivity index (χ4v) is 3.44. The number of anilines is 1. The lowest BCUT2D eigenvalue weighted by molar-refractivity contribution is -0.129. The molecule has 22 heavy (non-hydrogen) atoms. The minimum absolute atomic E-state index is 0.0858. The Labute approximate surface area is 133 Å². The Kier molecular flexibility index (Phi) is 3.98. The zero-order valence-corrected chi connectivity index (χ0v) is 13.5. The molecular weight excluding hydrogens is 296 g/mol. The lowest BCUT2D eigenvalue weighted by Crippen LogP contribution is -2.34. The molecule has 0 spiro atoms. The van der Waals surface area contributed by atoms with Crippen LogP contribution < -0.4 is 5.32 Å². The first-order chi connectivity index (χ1) is 10.5. The Bertz CT molecular complexity index is 736. The summed E-state index contributed by atoms with van der Waals surface area (Å²) >= 11 is 1.45. The number of amides is 2. The van der Waals surface area contributed by atoms with E-state index in [0.29, 0.717) is 11.4 Å². The van der Waals surface area contributed by atoms with Crippen LogP contribution in [0.3, 0.4) is 0 Å². The van der Waals surface area contributed by atoms with Crippen LogP contribution in [0.5, 0.6) is 0 Å².